The van der Waals surface area contributed by atoms with Crippen molar-refractivity contribution in [2.45, 2.75) is 12.6 Å². The summed E-state index contributed by atoms with van der Waals surface area (Å²) in [4.78, 5) is 11.9. The Bertz CT molecular complexity index is 557. The quantitative estimate of drug-likeness (QED) is 0.590. The minimum absolute atomic E-state index is 0.0195. The van der Waals surface area contributed by atoms with Gasteiger partial charge in [0.2, 0.25) is 0 Å². The predicted molar refractivity (Wildman–Crippen MR) is 62.8 cm³/mol. The van der Waals surface area contributed by atoms with Gasteiger partial charge in [-0.3, -0.25) is 4.79 Å². The van der Waals surface area contributed by atoms with Crippen molar-refractivity contribution in [1.82, 2.24) is 0 Å². The van der Waals surface area contributed by atoms with Gasteiger partial charge in [0.1, 0.15) is 0 Å². The summed E-state index contributed by atoms with van der Waals surface area (Å²) in [6.45, 7) is -0.202. The minimum Gasteiger partial charge on any atom is -0.411 e. The van der Waals surface area contributed by atoms with Gasteiger partial charge in [0.25, 0.3) is 0 Å². The van der Waals surface area contributed by atoms with E-state index in [-0.39, 0.29) is 35.0 Å². The van der Waals surface area contributed by atoms with Crippen LogP contribution in [0.1, 0.15) is 12.0 Å². The summed E-state index contributed by atoms with van der Waals surface area (Å²) >= 11 is 5.75. The highest BCUT2D eigenvalue weighted by molar-refractivity contribution is 6.31. The van der Waals surface area contributed by atoms with Crippen LogP contribution in [0, 0.1) is 0 Å². The first-order chi connectivity index (χ1) is 8.84. The van der Waals surface area contributed by atoms with Gasteiger partial charge in [0, 0.05) is 23.6 Å². The highest BCUT2D eigenvalue weighted by atomic mass is 35.5. The van der Waals surface area contributed by atoms with Crippen molar-refractivity contribution in [2.24, 2.45) is 5.16 Å². The lowest BCUT2D eigenvalue weighted by molar-refractivity contribution is -0.170. The number of hydrogen-bond acceptors (Lipinski definition) is 3. The molecule has 1 amide bonds. The molecule has 4 nitrogen and oxygen atoms in total. The van der Waals surface area contributed by atoms with E-state index < -0.39 is 12.1 Å². The molecule has 102 valence electrons. The molecule has 1 aromatic carbocycles. The molecule has 19 heavy (non-hydrogen) atoms. The van der Waals surface area contributed by atoms with E-state index in [2.05, 4.69) is 5.16 Å². The standard InChI is InChI=1S/C11H8ClF3N2O2/c12-6-1-2-9-7(5-6)8(16-19)3-4-17(9)10(18)11(13,14)15/h1-2,5,19H,3-4H2. The number of oxime groups is 1. The van der Waals surface area contributed by atoms with Gasteiger partial charge in [-0.05, 0) is 18.2 Å². The van der Waals surface area contributed by atoms with Crippen molar-refractivity contribution in [2.75, 3.05) is 11.4 Å². The number of fused-ring (bicyclic) bond motifs is 1. The van der Waals surface area contributed by atoms with Crippen LogP contribution in [0.25, 0.3) is 0 Å². The summed E-state index contributed by atoms with van der Waals surface area (Å²) in [6, 6.07) is 4.03. The van der Waals surface area contributed by atoms with Crippen molar-refractivity contribution in [3.05, 3.63) is 28.8 Å². The molecule has 1 N–H and O–H groups in total. The fraction of sp³-hybridized carbons (Fsp3) is 0.273. The van der Waals surface area contributed by atoms with Crippen LogP contribution in [-0.4, -0.2) is 29.5 Å². The van der Waals surface area contributed by atoms with E-state index in [1.165, 1.54) is 18.2 Å². The Kier molecular flexibility index (Phi) is 3.40. The molecule has 0 saturated heterocycles. The molecule has 0 unspecified atom stereocenters. The molecule has 2 rings (SSSR count). The van der Waals surface area contributed by atoms with E-state index in [0.717, 1.165) is 0 Å². The molecule has 0 radical (unpaired) electrons. The van der Waals surface area contributed by atoms with E-state index in [1.807, 2.05) is 0 Å². The highest BCUT2D eigenvalue weighted by Gasteiger charge is 2.44. The maximum absolute atomic E-state index is 12.5. The molecule has 1 aliphatic rings. The molecular weight excluding hydrogens is 285 g/mol. The van der Waals surface area contributed by atoms with Crippen LogP contribution in [-0.2, 0) is 4.79 Å². The monoisotopic (exact) mass is 292 g/mol. The zero-order valence-corrected chi connectivity index (χ0v) is 10.2. The second-order valence-electron chi connectivity index (χ2n) is 3.91. The maximum Gasteiger partial charge on any atom is 0.471 e. The zero-order chi connectivity index (χ0) is 14.2. The second-order valence-corrected chi connectivity index (χ2v) is 4.35. The number of rotatable bonds is 0. The zero-order valence-electron chi connectivity index (χ0n) is 9.41. The van der Waals surface area contributed by atoms with Crippen LogP contribution in [0.15, 0.2) is 23.4 Å². The molecule has 0 aliphatic carbocycles. The first-order valence-electron chi connectivity index (χ1n) is 5.24. The molecule has 0 atom stereocenters. The Hall–Kier alpha value is -1.76. The number of hydrogen-bond donors (Lipinski definition) is 1. The largest absolute Gasteiger partial charge is 0.471 e. The summed E-state index contributed by atoms with van der Waals surface area (Å²) in [5, 5.41) is 12.1. The van der Waals surface area contributed by atoms with Crippen LogP contribution >= 0.6 is 11.6 Å². The average molecular weight is 293 g/mol. The smallest absolute Gasteiger partial charge is 0.411 e. The SMILES string of the molecule is O=C(N1CCC(=NO)c2cc(Cl)ccc21)C(F)(F)F. The topological polar surface area (TPSA) is 52.9 Å². The van der Waals surface area contributed by atoms with Gasteiger partial charge in [0.15, 0.2) is 0 Å². The normalized spacial score (nSPS) is 17.5. The Morgan fingerprint density at radius 2 is 2.11 bits per heavy atom. The fourth-order valence-electron chi connectivity index (χ4n) is 1.92. The van der Waals surface area contributed by atoms with Crippen molar-refractivity contribution in [1.29, 1.82) is 0 Å². The van der Waals surface area contributed by atoms with Crippen molar-refractivity contribution < 1.29 is 23.2 Å². The lowest BCUT2D eigenvalue weighted by Crippen LogP contribution is -2.45. The lowest BCUT2D eigenvalue weighted by atomic mass is 9.99. The summed E-state index contributed by atoms with van der Waals surface area (Å²) in [5.41, 5.74) is 0.452. The molecule has 1 aliphatic heterocycles. The number of carbonyl (C=O) groups excluding carboxylic acids is 1. The van der Waals surface area contributed by atoms with Gasteiger partial charge in [-0.15, -0.1) is 0 Å². The molecular formula is C11H8ClF3N2O2. The second kappa shape index (κ2) is 4.73. The number of amides is 1. The Labute approximate surface area is 111 Å². The van der Waals surface area contributed by atoms with Gasteiger partial charge >= 0.3 is 12.1 Å². The van der Waals surface area contributed by atoms with Gasteiger partial charge < -0.3 is 10.1 Å². The number of alkyl halides is 3. The minimum atomic E-state index is -4.95. The highest BCUT2D eigenvalue weighted by Crippen LogP contribution is 2.32. The number of anilines is 1. The average Bonchev–Trinajstić information content (AvgIpc) is 2.35. The fourth-order valence-corrected chi connectivity index (χ4v) is 2.09. The Morgan fingerprint density at radius 1 is 1.42 bits per heavy atom. The van der Waals surface area contributed by atoms with Gasteiger partial charge in [-0.1, -0.05) is 16.8 Å². The van der Waals surface area contributed by atoms with E-state index in [9.17, 15) is 18.0 Å². The summed E-state index contributed by atoms with van der Waals surface area (Å²) < 4.78 is 37.5. The third-order valence-corrected chi connectivity index (χ3v) is 2.98. The first-order valence-corrected chi connectivity index (χ1v) is 5.62. The molecule has 0 bridgehead atoms. The van der Waals surface area contributed by atoms with Crippen LogP contribution in [0.4, 0.5) is 18.9 Å². The Morgan fingerprint density at radius 3 is 2.68 bits per heavy atom. The van der Waals surface area contributed by atoms with Gasteiger partial charge in [-0.25, -0.2) is 0 Å². The van der Waals surface area contributed by atoms with Gasteiger partial charge in [0.05, 0.1) is 11.4 Å². The molecule has 1 aromatic rings. The van der Waals surface area contributed by atoms with Gasteiger partial charge in [-0.2, -0.15) is 13.2 Å². The maximum atomic E-state index is 12.5. The molecule has 0 fully saturated rings. The van der Waals surface area contributed by atoms with Crippen molar-refractivity contribution in [3.63, 3.8) is 0 Å². The van der Waals surface area contributed by atoms with Crippen LogP contribution in [0.3, 0.4) is 0 Å². The van der Waals surface area contributed by atoms with E-state index in [1.54, 1.807) is 0 Å². The summed E-state index contributed by atoms with van der Waals surface area (Å²) in [5.74, 6) is -1.95. The number of halogens is 4. The van der Waals surface area contributed by atoms with E-state index in [4.69, 9.17) is 16.8 Å². The summed E-state index contributed by atoms with van der Waals surface area (Å²) in [7, 11) is 0. The molecule has 1 heterocycles. The van der Waals surface area contributed by atoms with Crippen molar-refractivity contribution >= 4 is 28.9 Å². The van der Waals surface area contributed by atoms with E-state index in [0.29, 0.717) is 4.90 Å². The molecule has 8 heteroatoms. The predicted octanol–water partition coefficient (Wildman–Crippen LogP) is 2.82. The third kappa shape index (κ3) is 2.51. The van der Waals surface area contributed by atoms with Crippen LogP contribution in [0.2, 0.25) is 5.02 Å². The van der Waals surface area contributed by atoms with Crippen molar-refractivity contribution in [3.8, 4) is 0 Å². The van der Waals surface area contributed by atoms with E-state index >= 15 is 0 Å². The van der Waals surface area contributed by atoms with Crippen LogP contribution in [0.5, 0.6) is 0 Å². The lowest BCUT2D eigenvalue weighted by Gasteiger charge is -2.30. The number of carbonyl (C=O) groups is 1. The molecule has 0 saturated carbocycles. The summed E-state index contributed by atoms with van der Waals surface area (Å²) in [6.07, 6.45) is -4.93. The molecule has 0 spiro atoms. The third-order valence-electron chi connectivity index (χ3n) is 2.74. The first kappa shape index (κ1) is 13.7. The number of nitrogens with zero attached hydrogens (tertiary/aromatic N) is 2. The van der Waals surface area contributed by atoms with Crippen LogP contribution < -0.4 is 4.90 Å². The number of benzene rings is 1. The molecule has 0 aromatic heterocycles. The Balaban J connectivity index is 2.51.